The fourth-order valence-electron chi connectivity index (χ4n) is 1.81. The van der Waals surface area contributed by atoms with Gasteiger partial charge in [0.2, 0.25) is 0 Å². The number of hydrogen-bond acceptors (Lipinski definition) is 3. The molecule has 0 unspecified atom stereocenters. The van der Waals surface area contributed by atoms with Crippen molar-refractivity contribution in [3.8, 4) is 5.75 Å². The smallest absolute Gasteiger partial charge is 0.252 e. The van der Waals surface area contributed by atoms with E-state index in [1.165, 1.54) is 6.07 Å². The number of carbonyl (C=O) groups is 1. The molecule has 6 heteroatoms. The summed E-state index contributed by atoms with van der Waals surface area (Å²) in [4.78, 5) is 11.7. The number of hydrogen-bond donors (Lipinski definition) is 3. The number of phenolic OH excluding ortho intramolecular Hbond substituents is 1. The Balaban J connectivity index is 2.13. The molecule has 0 radical (unpaired) electrons. The lowest BCUT2D eigenvalue weighted by molar-refractivity contribution is 0.0963. The summed E-state index contributed by atoms with van der Waals surface area (Å²) in [5, 5.41) is 15.8. The fraction of sp³-hybridized carbons (Fsp3) is 0.133. The van der Waals surface area contributed by atoms with Gasteiger partial charge in [-0.3, -0.25) is 4.79 Å². The van der Waals surface area contributed by atoms with E-state index in [4.69, 9.17) is 23.2 Å². The first-order valence-corrected chi connectivity index (χ1v) is 6.99. The lowest BCUT2D eigenvalue weighted by atomic mass is 10.1. The van der Waals surface area contributed by atoms with Crippen LogP contribution < -0.4 is 10.6 Å². The third-order valence-electron chi connectivity index (χ3n) is 2.95. The molecule has 0 saturated carbocycles. The lowest BCUT2D eigenvalue weighted by Gasteiger charge is -2.10. The quantitative estimate of drug-likeness (QED) is 0.804. The first-order valence-electron chi connectivity index (χ1n) is 6.24. The Labute approximate surface area is 132 Å². The third-order valence-corrected chi connectivity index (χ3v) is 3.58. The third kappa shape index (κ3) is 3.80. The fourth-order valence-corrected chi connectivity index (χ4v) is 2.21. The highest BCUT2D eigenvalue weighted by molar-refractivity contribution is 6.34. The van der Waals surface area contributed by atoms with Crippen molar-refractivity contribution in [1.29, 1.82) is 0 Å². The monoisotopic (exact) mass is 324 g/mol. The molecule has 2 aromatic carbocycles. The molecule has 0 heterocycles. The molecular formula is C15H14Cl2N2O2. The summed E-state index contributed by atoms with van der Waals surface area (Å²) >= 11 is 11.8. The van der Waals surface area contributed by atoms with E-state index in [0.717, 1.165) is 11.3 Å². The van der Waals surface area contributed by atoms with Gasteiger partial charge in [-0.15, -0.1) is 0 Å². The molecule has 0 bridgehead atoms. The van der Waals surface area contributed by atoms with E-state index < -0.39 is 0 Å². The van der Waals surface area contributed by atoms with Crippen LogP contribution in [0.4, 0.5) is 5.69 Å². The molecule has 4 nitrogen and oxygen atoms in total. The second-order valence-corrected chi connectivity index (χ2v) is 5.23. The first kappa shape index (κ1) is 15.5. The first-order chi connectivity index (χ1) is 10.0. The summed E-state index contributed by atoms with van der Waals surface area (Å²) in [6.07, 6.45) is 0. The zero-order valence-electron chi connectivity index (χ0n) is 11.3. The number of amides is 1. The van der Waals surface area contributed by atoms with Gasteiger partial charge in [0.1, 0.15) is 5.75 Å². The molecule has 3 N–H and O–H groups in total. The number of rotatable bonds is 4. The van der Waals surface area contributed by atoms with E-state index in [0.29, 0.717) is 22.2 Å². The summed E-state index contributed by atoms with van der Waals surface area (Å²) in [5.41, 5.74) is 2.09. The minimum absolute atomic E-state index is 0.0498. The van der Waals surface area contributed by atoms with Crippen LogP contribution in [0.2, 0.25) is 10.0 Å². The Morgan fingerprint density at radius 1 is 1.14 bits per heavy atom. The highest BCUT2D eigenvalue weighted by atomic mass is 35.5. The second kappa shape index (κ2) is 6.70. The van der Waals surface area contributed by atoms with E-state index in [-0.39, 0.29) is 11.7 Å². The molecule has 2 rings (SSSR count). The minimum Gasteiger partial charge on any atom is -0.506 e. The molecule has 0 spiro atoms. The summed E-state index contributed by atoms with van der Waals surface area (Å²) in [7, 11) is 1.55. The Bertz CT molecular complexity index is 675. The average Bonchev–Trinajstić information content (AvgIpc) is 2.49. The Hall–Kier alpha value is -1.91. The lowest BCUT2D eigenvalue weighted by Crippen LogP contribution is -2.18. The van der Waals surface area contributed by atoms with Crippen LogP contribution in [0.25, 0.3) is 0 Å². The Morgan fingerprint density at radius 3 is 2.57 bits per heavy atom. The second-order valence-electron chi connectivity index (χ2n) is 4.41. The number of aromatic hydroxyl groups is 1. The standard InChI is InChI=1S/C15H14Cl2N2O2/c1-18-15(21)11-7-10(3-4-12(11)16)19-8-9-2-5-14(20)13(17)6-9/h2-7,19-20H,8H2,1H3,(H,18,21). The molecule has 0 aliphatic heterocycles. The van der Waals surface area contributed by atoms with E-state index >= 15 is 0 Å². The van der Waals surface area contributed by atoms with Gasteiger partial charge in [-0.1, -0.05) is 29.3 Å². The van der Waals surface area contributed by atoms with Crippen LogP contribution in [0, 0.1) is 0 Å². The van der Waals surface area contributed by atoms with Gasteiger partial charge in [0.25, 0.3) is 5.91 Å². The molecule has 0 saturated heterocycles. The average molecular weight is 325 g/mol. The molecule has 110 valence electrons. The SMILES string of the molecule is CNC(=O)c1cc(NCc2ccc(O)c(Cl)c2)ccc1Cl. The Kier molecular flexibility index (Phi) is 4.94. The molecule has 0 fully saturated rings. The van der Waals surface area contributed by atoms with Gasteiger partial charge in [-0.05, 0) is 35.9 Å². The largest absolute Gasteiger partial charge is 0.506 e. The van der Waals surface area contributed by atoms with E-state index in [2.05, 4.69) is 10.6 Å². The van der Waals surface area contributed by atoms with E-state index in [9.17, 15) is 9.90 Å². The van der Waals surface area contributed by atoms with Crippen molar-refractivity contribution in [2.24, 2.45) is 0 Å². The molecule has 0 atom stereocenters. The molecular weight excluding hydrogens is 311 g/mol. The van der Waals surface area contributed by atoms with Crippen molar-refractivity contribution >= 4 is 34.8 Å². The number of nitrogens with one attached hydrogen (secondary N) is 2. The van der Waals surface area contributed by atoms with Crippen LogP contribution in [-0.2, 0) is 6.54 Å². The van der Waals surface area contributed by atoms with Crippen molar-refractivity contribution < 1.29 is 9.90 Å². The van der Waals surface area contributed by atoms with Crippen LogP contribution in [0.5, 0.6) is 5.75 Å². The van der Waals surface area contributed by atoms with E-state index in [1.54, 1.807) is 37.4 Å². The van der Waals surface area contributed by atoms with Gasteiger partial charge in [-0.2, -0.15) is 0 Å². The highest BCUT2D eigenvalue weighted by Gasteiger charge is 2.09. The number of anilines is 1. The Morgan fingerprint density at radius 2 is 1.90 bits per heavy atom. The number of carbonyl (C=O) groups excluding carboxylic acids is 1. The van der Waals surface area contributed by atoms with Gasteiger partial charge >= 0.3 is 0 Å². The maximum absolute atomic E-state index is 11.7. The van der Waals surface area contributed by atoms with Crippen molar-refractivity contribution in [2.45, 2.75) is 6.54 Å². The van der Waals surface area contributed by atoms with Crippen LogP contribution in [-0.4, -0.2) is 18.1 Å². The number of benzene rings is 2. The molecule has 0 aliphatic rings. The maximum atomic E-state index is 11.7. The van der Waals surface area contributed by atoms with Gasteiger partial charge in [0.15, 0.2) is 0 Å². The molecule has 2 aromatic rings. The van der Waals surface area contributed by atoms with Crippen LogP contribution in [0.3, 0.4) is 0 Å². The zero-order valence-corrected chi connectivity index (χ0v) is 12.8. The normalized spacial score (nSPS) is 10.2. The van der Waals surface area contributed by atoms with E-state index in [1.807, 2.05) is 0 Å². The summed E-state index contributed by atoms with van der Waals surface area (Å²) in [6.45, 7) is 0.509. The summed E-state index contributed by atoms with van der Waals surface area (Å²) in [5.74, 6) is -0.190. The van der Waals surface area contributed by atoms with Gasteiger partial charge in [0.05, 0.1) is 15.6 Å². The maximum Gasteiger partial charge on any atom is 0.252 e. The van der Waals surface area contributed by atoms with Crippen LogP contribution in [0.15, 0.2) is 36.4 Å². The predicted molar refractivity (Wildman–Crippen MR) is 85.3 cm³/mol. The van der Waals surface area contributed by atoms with Gasteiger partial charge < -0.3 is 15.7 Å². The molecule has 0 aromatic heterocycles. The molecule has 0 aliphatic carbocycles. The van der Waals surface area contributed by atoms with Crippen LogP contribution in [0.1, 0.15) is 15.9 Å². The van der Waals surface area contributed by atoms with Gasteiger partial charge in [0, 0.05) is 19.3 Å². The number of halogens is 2. The summed E-state index contributed by atoms with van der Waals surface area (Å²) < 4.78 is 0. The van der Waals surface area contributed by atoms with Crippen molar-refractivity contribution in [2.75, 3.05) is 12.4 Å². The number of phenols is 1. The minimum atomic E-state index is -0.240. The summed E-state index contributed by atoms with van der Waals surface area (Å²) in [6, 6.07) is 10.1. The highest BCUT2D eigenvalue weighted by Crippen LogP contribution is 2.25. The zero-order chi connectivity index (χ0) is 15.4. The predicted octanol–water partition coefficient (Wildman–Crippen LogP) is 3.67. The molecule has 1 amide bonds. The van der Waals surface area contributed by atoms with Crippen molar-refractivity contribution in [3.63, 3.8) is 0 Å². The van der Waals surface area contributed by atoms with Gasteiger partial charge in [-0.25, -0.2) is 0 Å². The van der Waals surface area contributed by atoms with Crippen molar-refractivity contribution in [3.05, 3.63) is 57.6 Å². The van der Waals surface area contributed by atoms with Crippen molar-refractivity contribution in [1.82, 2.24) is 5.32 Å². The van der Waals surface area contributed by atoms with Crippen LogP contribution >= 0.6 is 23.2 Å². The molecule has 21 heavy (non-hydrogen) atoms. The topological polar surface area (TPSA) is 61.4 Å².